The maximum Gasteiger partial charge on any atom is 0.339 e. The number of nitrogens with one attached hydrogen (secondary N) is 1. The van der Waals surface area contributed by atoms with Crippen molar-refractivity contribution in [1.29, 1.82) is 0 Å². The summed E-state index contributed by atoms with van der Waals surface area (Å²) in [6.45, 7) is 2.42. The maximum atomic E-state index is 12.4. The molecule has 0 aromatic carbocycles. The number of nitrogens with zero attached hydrogens (tertiary/aromatic N) is 2. The van der Waals surface area contributed by atoms with Gasteiger partial charge in [-0.1, -0.05) is 6.42 Å². The average molecular weight is 357 g/mol. The number of methoxy groups -OCH3 is 1. The van der Waals surface area contributed by atoms with Crippen LogP contribution in [0, 0.1) is 0 Å². The van der Waals surface area contributed by atoms with E-state index in [2.05, 4.69) is 19.9 Å². The number of amides is 1. The minimum atomic E-state index is -0.479. The summed E-state index contributed by atoms with van der Waals surface area (Å²) in [7, 11) is 1.30. The van der Waals surface area contributed by atoms with Crippen LogP contribution in [0.25, 0.3) is 0 Å². The van der Waals surface area contributed by atoms with E-state index < -0.39 is 5.97 Å². The minimum absolute atomic E-state index is 0.00333. The summed E-state index contributed by atoms with van der Waals surface area (Å²) >= 11 is 0. The van der Waals surface area contributed by atoms with Gasteiger partial charge in [-0.15, -0.1) is 0 Å². The van der Waals surface area contributed by atoms with E-state index in [0.29, 0.717) is 12.1 Å². The number of hydrogen-bond donors (Lipinski definition) is 1. The molecule has 0 bridgehead atoms. The lowest BCUT2D eigenvalue weighted by molar-refractivity contribution is 0.0599. The van der Waals surface area contributed by atoms with E-state index >= 15 is 0 Å². The van der Waals surface area contributed by atoms with Crippen LogP contribution in [0.4, 0.5) is 0 Å². The molecule has 3 heterocycles. The largest absolute Gasteiger partial charge is 0.468 e. The van der Waals surface area contributed by atoms with E-state index in [-0.39, 0.29) is 17.6 Å². The molecule has 2 aromatic heterocycles. The Kier molecular flexibility index (Phi) is 6.01. The maximum absolute atomic E-state index is 12.4. The van der Waals surface area contributed by atoms with E-state index in [0.717, 1.165) is 31.7 Å². The normalized spacial score (nSPS) is 16.0. The molecule has 0 radical (unpaired) electrons. The fourth-order valence-corrected chi connectivity index (χ4v) is 3.17. The number of pyridine rings is 1. The van der Waals surface area contributed by atoms with Crippen molar-refractivity contribution >= 4 is 11.9 Å². The van der Waals surface area contributed by atoms with Gasteiger partial charge in [0.05, 0.1) is 25.0 Å². The molecule has 1 amide bonds. The Balaban J connectivity index is 1.64. The molecular weight excluding hydrogens is 334 g/mol. The molecule has 1 aliphatic rings. The first-order chi connectivity index (χ1) is 12.7. The van der Waals surface area contributed by atoms with E-state index in [4.69, 9.17) is 4.42 Å². The monoisotopic (exact) mass is 357 g/mol. The molecule has 7 heteroatoms. The van der Waals surface area contributed by atoms with Crippen molar-refractivity contribution in [1.82, 2.24) is 15.2 Å². The van der Waals surface area contributed by atoms with Gasteiger partial charge in [0.1, 0.15) is 11.5 Å². The van der Waals surface area contributed by atoms with Crippen LogP contribution in [0.1, 0.15) is 51.9 Å². The molecule has 0 spiro atoms. The van der Waals surface area contributed by atoms with Gasteiger partial charge in [-0.2, -0.15) is 0 Å². The highest BCUT2D eigenvalue weighted by Crippen LogP contribution is 2.24. The molecule has 1 aliphatic heterocycles. The average Bonchev–Trinajstić information content (AvgIpc) is 3.23. The third kappa shape index (κ3) is 4.29. The number of esters is 1. The van der Waals surface area contributed by atoms with Gasteiger partial charge in [0.2, 0.25) is 0 Å². The van der Waals surface area contributed by atoms with Crippen molar-refractivity contribution in [2.75, 3.05) is 26.7 Å². The molecule has 1 saturated heterocycles. The summed E-state index contributed by atoms with van der Waals surface area (Å²) in [6.07, 6.45) is 6.55. The topological polar surface area (TPSA) is 84.7 Å². The Morgan fingerprint density at radius 3 is 2.69 bits per heavy atom. The van der Waals surface area contributed by atoms with Gasteiger partial charge < -0.3 is 14.5 Å². The van der Waals surface area contributed by atoms with Gasteiger partial charge in [0.15, 0.2) is 0 Å². The molecule has 2 aromatic rings. The second-order valence-corrected chi connectivity index (χ2v) is 6.26. The zero-order valence-electron chi connectivity index (χ0n) is 14.8. The highest BCUT2D eigenvalue weighted by atomic mass is 16.5. The standard InChI is InChI=1S/C19H23N3O4/c1-25-19(24)14-7-8-15(20-12-14)18(23)21-13-16(17-6-5-11-26-17)22-9-3-2-4-10-22/h5-8,11-12,16H,2-4,9-10,13H2,1H3,(H,21,23). The van der Waals surface area contributed by atoms with Crippen molar-refractivity contribution in [2.24, 2.45) is 0 Å². The molecule has 0 saturated carbocycles. The molecule has 0 aliphatic carbocycles. The molecule has 7 nitrogen and oxygen atoms in total. The Hall–Kier alpha value is -2.67. The predicted molar refractivity (Wildman–Crippen MR) is 94.8 cm³/mol. The Labute approximate surface area is 152 Å². The summed E-state index contributed by atoms with van der Waals surface area (Å²) < 4.78 is 10.2. The first-order valence-electron chi connectivity index (χ1n) is 8.79. The molecule has 26 heavy (non-hydrogen) atoms. The van der Waals surface area contributed by atoms with Crippen molar-refractivity contribution in [3.63, 3.8) is 0 Å². The molecule has 1 fully saturated rings. The quantitative estimate of drug-likeness (QED) is 0.799. The van der Waals surface area contributed by atoms with E-state index in [9.17, 15) is 9.59 Å². The third-order valence-corrected chi connectivity index (χ3v) is 4.58. The Morgan fingerprint density at radius 1 is 1.27 bits per heavy atom. The lowest BCUT2D eigenvalue weighted by Crippen LogP contribution is -2.40. The summed E-state index contributed by atoms with van der Waals surface area (Å²) in [4.78, 5) is 30.2. The number of piperidine rings is 1. The number of rotatable bonds is 6. The van der Waals surface area contributed by atoms with Gasteiger partial charge >= 0.3 is 5.97 Å². The van der Waals surface area contributed by atoms with Gasteiger partial charge in [0, 0.05) is 12.7 Å². The smallest absolute Gasteiger partial charge is 0.339 e. The SMILES string of the molecule is COC(=O)c1ccc(C(=O)NCC(c2ccco2)N2CCCCC2)nc1. The van der Waals surface area contributed by atoms with E-state index in [1.165, 1.54) is 31.9 Å². The van der Waals surface area contributed by atoms with Crippen LogP contribution in [0.5, 0.6) is 0 Å². The second kappa shape index (κ2) is 8.62. The number of carbonyl (C=O) groups excluding carboxylic acids is 2. The lowest BCUT2D eigenvalue weighted by Gasteiger charge is -2.33. The molecule has 1 N–H and O–H groups in total. The first kappa shape index (κ1) is 18.1. The highest BCUT2D eigenvalue weighted by Gasteiger charge is 2.25. The number of carbonyl (C=O) groups is 2. The van der Waals surface area contributed by atoms with Gasteiger partial charge in [-0.3, -0.25) is 14.7 Å². The molecule has 3 rings (SSSR count). The van der Waals surface area contributed by atoms with Crippen LogP contribution in [0.15, 0.2) is 41.1 Å². The van der Waals surface area contributed by atoms with Crippen LogP contribution in [0.2, 0.25) is 0 Å². The van der Waals surface area contributed by atoms with Crippen LogP contribution in [0.3, 0.4) is 0 Å². The zero-order chi connectivity index (χ0) is 18.4. The summed E-state index contributed by atoms with van der Waals surface area (Å²) in [6, 6.07) is 6.85. The number of likely N-dealkylation sites (tertiary alicyclic amines) is 1. The van der Waals surface area contributed by atoms with Crippen molar-refractivity contribution in [3.8, 4) is 0 Å². The van der Waals surface area contributed by atoms with Crippen molar-refractivity contribution < 1.29 is 18.7 Å². The summed E-state index contributed by atoms with van der Waals surface area (Å²) in [5, 5.41) is 2.93. The zero-order valence-corrected chi connectivity index (χ0v) is 14.8. The van der Waals surface area contributed by atoms with Crippen LogP contribution < -0.4 is 5.32 Å². The molecule has 1 unspecified atom stereocenters. The fourth-order valence-electron chi connectivity index (χ4n) is 3.17. The highest BCUT2D eigenvalue weighted by molar-refractivity contribution is 5.94. The number of aromatic nitrogens is 1. The lowest BCUT2D eigenvalue weighted by atomic mass is 10.1. The Morgan fingerprint density at radius 2 is 2.08 bits per heavy atom. The summed E-state index contributed by atoms with van der Waals surface area (Å²) in [5.41, 5.74) is 0.570. The van der Waals surface area contributed by atoms with E-state index in [1.807, 2.05) is 12.1 Å². The van der Waals surface area contributed by atoms with Gasteiger partial charge in [-0.05, 0) is 50.2 Å². The van der Waals surface area contributed by atoms with Gasteiger partial charge in [-0.25, -0.2) is 4.79 Å². The molecule has 138 valence electrons. The number of furan rings is 1. The van der Waals surface area contributed by atoms with Crippen LogP contribution in [-0.2, 0) is 4.74 Å². The van der Waals surface area contributed by atoms with E-state index in [1.54, 1.807) is 6.26 Å². The van der Waals surface area contributed by atoms with Crippen LogP contribution >= 0.6 is 0 Å². The number of ether oxygens (including phenoxy) is 1. The van der Waals surface area contributed by atoms with Crippen molar-refractivity contribution in [3.05, 3.63) is 53.7 Å². The van der Waals surface area contributed by atoms with Crippen molar-refractivity contribution in [2.45, 2.75) is 25.3 Å². The van der Waals surface area contributed by atoms with Gasteiger partial charge in [0.25, 0.3) is 5.91 Å². The Bertz CT molecular complexity index is 722. The molecular formula is C19H23N3O4. The minimum Gasteiger partial charge on any atom is -0.468 e. The van der Waals surface area contributed by atoms with Crippen LogP contribution in [-0.4, -0.2) is 48.5 Å². The fraction of sp³-hybridized carbons (Fsp3) is 0.421. The second-order valence-electron chi connectivity index (χ2n) is 6.26. The predicted octanol–water partition coefficient (Wildman–Crippen LogP) is 2.42. The number of hydrogen-bond acceptors (Lipinski definition) is 6. The summed E-state index contributed by atoms with van der Waals surface area (Å²) in [5.74, 6) is 0.0867. The first-order valence-corrected chi connectivity index (χ1v) is 8.79. The molecule has 1 atom stereocenters. The third-order valence-electron chi connectivity index (χ3n) is 4.58.